The molecule has 0 bridgehead atoms. The van der Waals surface area contributed by atoms with Crippen molar-refractivity contribution in [3.05, 3.63) is 41.9 Å². The fraction of sp³-hybridized carbons (Fsp3) is 0.278. The van der Waals surface area contributed by atoms with E-state index in [0.717, 1.165) is 37.3 Å². The summed E-state index contributed by atoms with van der Waals surface area (Å²) in [6, 6.07) is 8.18. The lowest BCUT2D eigenvalue weighted by Gasteiger charge is -2.32. The Kier molecular flexibility index (Phi) is 4.07. The van der Waals surface area contributed by atoms with E-state index in [0.29, 0.717) is 11.8 Å². The van der Waals surface area contributed by atoms with Gasteiger partial charge in [0.2, 0.25) is 11.9 Å². The Morgan fingerprint density at radius 2 is 1.84 bits per heavy atom. The quantitative estimate of drug-likeness (QED) is 0.760. The summed E-state index contributed by atoms with van der Waals surface area (Å²) >= 11 is 0. The largest absolute Gasteiger partial charge is 0.368 e. The molecule has 3 N–H and O–H groups in total. The van der Waals surface area contributed by atoms with Gasteiger partial charge < -0.3 is 20.5 Å². The van der Waals surface area contributed by atoms with Crippen LogP contribution in [0.25, 0.3) is 23.1 Å². The number of nitrogen functional groups attached to an aromatic ring is 1. The molecule has 1 saturated heterocycles. The molecular formula is C18H21N7. The summed E-state index contributed by atoms with van der Waals surface area (Å²) < 4.78 is 0. The molecule has 7 heteroatoms. The van der Waals surface area contributed by atoms with Crippen LogP contribution in [0, 0.1) is 0 Å². The van der Waals surface area contributed by atoms with Gasteiger partial charge in [-0.1, -0.05) is 18.2 Å². The second kappa shape index (κ2) is 6.52. The summed E-state index contributed by atoms with van der Waals surface area (Å²) in [7, 11) is 2.12. The summed E-state index contributed by atoms with van der Waals surface area (Å²) in [6.45, 7) is 3.77. The summed E-state index contributed by atoms with van der Waals surface area (Å²) in [6.07, 6.45) is 5.86. The van der Waals surface area contributed by atoms with Crippen molar-refractivity contribution in [1.29, 1.82) is 0 Å². The highest BCUT2D eigenvalue weighted by Crippen LogP contribution is 2.20. The highest BCUT2D eigenvalue weighted by molar-refractivity contribution is 5.91. The van der Waals surface area contributed by atoms with Gasteiger partial charge in [-0.15, -0.1) is 0 Å². The number of fused-ring (bicyclic) bond motifs is 1. The number of hydrogen-bond donors (Lipinski definition) is 2. The summed E-state index contributed by atoms with van der Waals surface area (Å²) in [5.74, 6) is 1.48. The first kappa shape index (κ1) is 15.6. The molecule has 1 aliphatic rings. The predicted molar refractivity (Wildman–Crippen MR) is 101 cm³/mol. The van der Waals surface area contributed by atoms with Gasteiger partial charge in [-0.05, 0) is 30.8 Å². The lowest BCUT2D eigenvalue weighted by Crippen LogP contribution is -2.45. The predicted octanol–water partition coefficient (Wildman–Crippen LogP) is 1.86. The number of hydrogen-bond acceptors (Lipinski definition) is 6. The Morgan fingerprint density at radius 1 is 1.04 bits per heavy atom. The second-order valence-corrected chi connectivity index (χ2v) is 6.27. The van der Waals surface area contributed by atoms with Crippen LogP contribution in [-0.2, 0) is 0 Å². The number of nitrogens with one attached hydrogen (secondary N) is 1. The molecule has 128 valence electrons. The number of nitrogens with zero attached hydrogens (tertiary/aromatic N) is 5. The average molecular weight is 335 g/mol. The minimum absolute atomic E-state index is 0.252. The van der Waals surface area contributed by atoms with Crippen molar-refractivity contribution in [3.63, 3.8) is 0 Å². The Morgan fingerprint density at radius 3 is 2.68 bits per heavy atom. The molecule has 25 heavy (non-hydrogen) atoms. The second-order valence-electron chi connectivity index (χ2n) is 6.27. The van der Waals surface area contributed by atoms with Crippen molar-refractivity contribution in [1.82, 2.24) is 24.8 Å². The number of benzene rings is 1. The molecule has 1 aliphatic heterocycles. The van der Waals surface area contributed by atoms with Gasteiger partial charge >= 0.3 is 0 Å². The third-order valence-corrected chi connectivity index (χ3v) is 4.48. The summed E-state index contributed by atoms with van der Waals surface area (Å²) in [5, 5.41) is 1.17. The number of rotatable bonds is 3. The molecule has 0 aliphatic carbocycles. The minimum Gasteiger partial charge on any atom is -0.368 e. The zero-order valence-electron chi connectivity index (χ0n) is 14.2. The molecule has 0 atom stereocenters. The maximum Gasteiger partial charge on any atom is 0.230 e. The molecule has 1 fully saturated rings. The van der Waals surface area contributed by atoms with Crippen LogP contribution in [0.3, 0.4) is 0 Å². The number of para-hydroxylation sites is 1. The number of aromatic amines is 1. The van der Waals surface area contributed by atoms with Gasteiger partial charge in [-0.25, -0.2) is 0 Å². The van der Waals surface area contributed by atoms with Gasteiger partial charge in [0.1, 0.15) is 0 Å². The van der Waals surface area contributed by atoms with Crippen LogP contribution in [0.5, 0.6) is 0 Å². The van der Waals surface area contributed by atoms with E-state index in [1.165, 1.54) is 5.39 Å². The molecular weight excluding hydrogens is 314 g/mol. The molecule has 0 saturated carbocycles. The number of H-pyrrole nitrogens is 1. The van der Waals surface area contributed by atoms with Crippen molar-refractivity contribution in [2.24, 2.45) is 0 Å². The molecule has 1 aromatic carbocycles. The fourth-order valence-electron chi connectivity index (χ4n) is 3.02. The number of aromatic nitrogens is 4. The van der Waals surface area contributed by atoms with Crippen molar-refractivity contribution in [3.8, 4) is 0 Å². The maximum atomic E-state index is 5.89. The van der Waals surface area contributed by atoms with Gasteiger partial charge in [-0.2, -0.15) is 15.0 Å². The van der Waals surface area contributed by atoms with Crippen LogP contribution >= 0.6 is 0 Å². The smallest absolute Gasteiger partial charge is 0.230 e. The van der Waals surface area contributed by atoms with E-state index >= 15 is 0 Å². The third kappa shape index (κ3) is 3.32. The molecule has 0 radical (unpaired) electrons. The van der Waals surface area contributed by atoms with E-state index in [-0.39, 0.29) is 5.95 Å². The van der Waals surface area contributed by atoms with E-state index in [2.05, 4.69) is 48.9 Å². The Balaban J connectivity index is 1.60. The van der Waals surface area contributed by atoms with Crippen LogP contribution in [0.2, 0.25) is 0 Å². The van der Waals surface area contributed by atoms with Gasteiger partial charge in [-0.3, -0.25) is 0 Å². The number of likely N-dealkylation sites (N-methyl/N-ethyl adjacent to an activating group) is 1. The van der Waals surface area contributed by atoms with Crippen LogP contribution in [0.1, 0.15) is 11.4 Å². The van der Waals surface area contributed by atoms with Gasteiger partial charge in [0.25, 0.3) is 0 Å². The summed E-state index contributed by atoms with van der Waals surface area (Å²) in [4.78, 5) is 20.8. The van der Waals surface area contributed by atoms with Crippen molar-refractivity contribution in [2.75, 3.05) is 43.9 Å². The molecule has 3 aromatic rings. The van der Waals surface area contributed by atoms with Gasteiger partial charge in [0.05, 0.1) is 0 Å². The van der Waals surface area contributed by atoms with Crippen molar-refractivity contribution < 1.29 is 0 Å². The fourth-order valence-corrected chi connectivity index (χ4v) is 3.02. The Hall–Kier alpha value is -2.93. The lowest BCUT2D eigenvalue weighted by molar-refractivity contribution is 0.311. The molecule has 7 nitrogen and oxygen atoms in total. The first-order chi connectivity index (χ1) is 12.2. The molecule has 4 rings (SSSR count). The van der Waals surface area contributed by atoms with E-state index in [9.17, 15) is 0 Å². The first-order valence-electron chi connectivity index (χ1n) is 8.38. The maximum absolute atomic E-state index is 5.89. The van der Waals surface area contributed by atoms with Crippen LogP contribution in [0.15, 0.2) is 30.5 Å². The molecule has 2 aromatic heterocycles. The molecule has 3 heterocycles. The van der Waals surface area contributed by atoms with Crippen LogP contribution < -0.4 is 10.6 Å². The van der Waals surface area contributed by atoms with Crippen LogP contribution in [-0.4, -0.2) is 58.1 Å². The van der Waals surface area contributed by atoms with E-state index in [1.807, 2.05) is 30.5 Å². The van der Waals surface area contributed by atoms with E-state index < -0.39 is 0 Å². The zero-order valence-corrected chi connectivity index (χ0v) is 14.2. The topological polar surface area (TPSA) is 87.0 Å². The first-order valence-corrected chi connectivity index (χ1v) is 8.38. The highest BCUT2D eigenvalue weighted by Gasteiger charge is 2.17. The van der Waals surface area contributed by atoms with Crippen LogP contribution in [0.4, 0.5) is 11.9 Å². The summed E-state index contributed by atoms with van der Waals surface area (Å²) in [5.41, 5.74) is 8.09. The van der Waals surface area contributed by atoms with E-state index in [1.54, 1.807) is 0 Å². The minimum atomic E-state index is 0.252. The van der Waals surface area contributed by atoms with Gasteiger partial charge in [0, 0.05) is 43.3 Å². The monoisotopic (exact) mass is 335 g/mol. The molecule has 0 amide bonds. The highest BCUT2D eigenvalue weighted by atomic mass is 15.3. The molecule has 0 unspecified atom stereocenters. The molecule has 0 spiro atoms. The van der Waals surface area contributed by atoms with Crippen molar-refractivity contribution in [2.45, 2.75) is 0 Å². The Bertz CT molecular complexity index is 907. The normalized spacial score (nSPS) is 16.1. The number of anilines is 2. The zero-order chi connectivity index (χ0) is 17.2. The third-order valence-electron chi connectivity index (χ3n) is 4.48. The van der Waals surface area contributed by atoms with E-state index in [4.69, 9.17) is 5.73 Å². The van der Waals surface area contributed by atoms with Crippen molar-refractivity contribution >= 4 is 35.0 Å². The average Bonchev–Trinajstić information content (AvgIpc) is 3.03. The number of piperazine rings is 1. The van der Waals surface area contributed by atoms with Gasteiger partial charge in [0.15, 0.2) is 5.82 Å². The lowest BCUT2D eigenvalue weighted by atomic mass is 10.1. The standard InChI is InChI=1S/C18H21N7/c1-24-8-10-25(11-9-24)18-22-16(21-17(19)23-18)7-6-13-12-20-15-5-3-2-4-14(13)15/h2-7,12,20H,8-11H2,1H3,(H2,19,21,22,23)/b7-6+. The number of nitrogens with two attached hydrogens (primary N) is 1. The Labute approximate surface area is 146 Å². The SMILES string of the molecule is CN1CCN(c2nc(N)nc(/C=C/c3c[nH]c4ccccc34)n2)CC1.